The number of aryl methyl sites for hydroxylation is 1. The highest BCUT2D eigenvalue weighted by molar-refractivity contribution is 5.95. The van der Waals surface area contributed by atoms with E-state index in [1.807, 2.05) is 0 Å². The highest BCUT2D eigenvalue weighted by Crippen LogP contribution is 2.30. The molecule has 0 bridgehead atoms. The van der Waals surface area contributed by atoms with Crippen molar-refractivity contribution < 1.29 is 19.2 Å². The summed E-state index contributed by atoms with van der Waals surface area (Å²) in [7, 11) is 0. The Balaban J connectivity index is 2.21. The molecular weight excluding hydrogens is 224 g/mol. The second-order valence-electron chi connectivity index (χ2n) is 4.28. The van der Waals surface area contributed by atoms with Crippen LogP contribution in [0, 0.1) is 6.92 Å². The second kappa shape index (κ2) is 4.20. The summed E-state index contributed by atoms with van der Waals surface area (Å²) in [6.45, 7) is 3.19. The van der Waals surface area contributed by atoms with Gasteiger partial charge in [0.05, 0.1) is 0 Å². The quantitative estimate of drug-likeness (QED) is 0.847. The predicted octanol–water partition coefficient (Wildman–Crippen LogP) is 1.06. The fourth-order valence-corrected chi connectivity index (χ4v) is 1.73. The lowest BCUT2D eigenvalue weighted by atomic mass is 10.2. The lowest BCUT2D eigenvalue weighted by Gasteiger charge is -2.25. The van der Waals surface area contributed by atoms with E-state index in [1.54, 1.807) is 6.92 Å². The number of aliphatic carboxylic acids is 1. The highest BCUT2D eigenvalue weighted by Gasteiger charge is 2.39. The van der Waals surface area contributed by atoms with Crippen LogP contribution >= 0.6 is 0 Å². The Morgan fingerprint density at radius 2 is 2.24 bits per heavy atom. The van der Waals surface area contributed by atoms with E-state index in [-0.39, 0.29) is 17.6 Å². The van der Waals surface area contributed by atoms with Crippen LogP contribution in [0.5, 0.6) is 0 Å². The summed E-state index contributed by atoms with van der Waals surface area (Å²) < 4.78 is 4.83. The molecule has 6 nitrogen and oxygen atoms in total. The van der Waals surface area contributed by atoms with Crippen molar-refractivity contribution in [1.29, 1.82) is 0 Å². The zero-order valence-electron chi connectivity index (χ0n) is 9.71. The molecule has 1 saturated carbocycles. The molecule has 0 saturated heterocycles. The van der Waals surface area contributed by atoms with Crippen molar-refractivity contribution in [2.45, 2.75) is 38.8 Å². The van der Waals surface area contributed by atoms with Crippen molar-refractivity contribution in [3.05, 3.63) is 17.5 Å². The van der Waals surface area contributed by atoms with Crippen LogP contribution in [0.1, 0.15) is 36.0 Å². The molecule has 1 aromatic heterocycles. The van der Waals surface area contributed by atoms with E-state index in [4.69, 9.17) is 9.63 Å². The Bertz CT molecular complexity index is 450. The number of aromatic nitrogens is 1. The third kappa shape index (κ3) is 2.30. The van der Waals surface area contributed by atoms with E-state index in [2.05, 4.69) is 5.16 Å². The van der Waals surface area contributed by atoms with Gasteiger partial charge in [0.2, 0.25) is 0 Å². The van der Waals surface area contributed by atoms with Gasteiger partial charge in [-0.05, 0) is 26.7 Å². The van der Waals surface area contributed by atoms with Crippen LogP contribution in [0.4, 0.5) is 0 Å². The van der Waals surface area contributed by atoms with Crippen LogP contribution in [0.25, 0.3) is 0 Å². The Labute approximate surface area is 98.2 Å². The molecule has 0 radical (unpaired) electrons. The molecular formula is C11H14N2O4. The molecule has 1 aromatic rings. The number of amides is 1. The van der Waals surface area contributed by atoms with Gasteiger partial charge in [-0.25, -0.2) is 4.79 Å². The second-order valence-corrected chi connectivity index (χ2v) is 4.28. The van der Waals surface area contributed by atoms with Gasteiger partial charge in [0, 0.05) is 12.1 Å². The summed E-state index contributed by atoms with van der Waals surface area (Å²) in [6, 6.07) is 0.698. The van der Waals surface area contributed by atoms with Crippen molar-refractivity contribution in [2.24, 2.45) is 0 Å². The largest absolute Gasteiger partial charge is 0.480 e. The van der Waals surface area contributed by atoms with E-state index in [0.29, 0.717) is 5.76 Å². The number of carbonyl (C=O) groups is 2. The summed E-state index contributed by atoms with van der Waals surface area (Å²) >= 11 is 0. The number of carbonyl (C=O) groups excluding carboxylic acids is 1. The summed E-state index contributed by atoms with van der Waals surface area (Å²) in [4.78, 5) is 24.5. The topological polar surface area (TPSA) is 83.6 Å². The average molecular weight is 238 g/mol. The molecule has 1 aliphatic rings. The van der Waals surface area contributed by atoms with Gasteiger partial charge >= 0.3 is 5.97 Å². The molecule has 1 atom stereocenters. The van der Waals surface area contributed by atoms with Crippen molar-refractivity contribution >= 4 is 11.9 Å². The Hall–Kier alpha value is -1.85. The first kappa shape index (κ1) is 11.6. The molecule has 1 N–H and O–H groups in total. The van der Waals surface area contributed by atoms with E-state index in [1.165, 1.54) is 17.9 Å². The van der Waals surface area contributed by atoms with Gasteiger partial charge < -0.3 is 14.5 Å². The molecule has 1 aliphatic carbocycles. The van der Waals surface area contributed by atoms with Crippen LogP contribution in [0.3, 0.4) is 0 Å². The maximum atomic E-state index is 12.1. The number of nitrogens with zero attached hydrogens (tertiary/aromatic N) is 2. The summed E-state index contributed by atoms with van der Waals surface area (Å²) in [6.07, 6.45) is 1.69. The van der Waals surface area contributed by atoms with Gasteiger partial charge in [-0.3, -0.25) is 4.79 Å². The molecule has 1 unspecified atom stereocenters. The normalized spacial score (nSPS) is 16.6. The van der Waals surface area contributed by atoms with Gasteiger partial charge in [0.15, 0.2) is 5.69 Å². The smallest absolute Gasteiger partial charge is 0.326 e. The summed E-state index contributed by atoms with van der Waals surface area (Å²) in [5.74, 6) is -0.850. The number of carboxylic acid groups (broad SMARTS) is 1. The lowest BCUT2D eigenvalue weighted by Crippen LogP contribution is -2.44. The van der Waals surface area contributed by atoms with E-state index >= 15 is 0 Å². The van der Waals surface area contributed by atoms with Crippen molar-refractivity contribution in [3.63, 3.8) is 0 Å². The summed E-state index contributed by atoms with van der Waals surface area (Å²) in [5, 5.41) is 12.6. The number of hydrogen-bond acceptors (Lipinski definition) is 4. The SMILES string of the molecule is Cc1cc(C(=O)N(C2CC2)C(C)C(=O)O)no1. The van der Waals surface area contributed by atoms with Crippen molar-refractivity contribution in [1.82, 2.24) is 10.1 Å². The number of hydrogen-bond donors (Lipinski definition) is 1. The van der Waals surface area contributed by atoms with Crippen LogP contribution in [-0.4, -0.2) is 39.1 Å². The van der Waals surface area contributed by atoms with E-state index in [0.717, 1.165) is 12.8 Å². The fourth-order valence-electron chi connectivity index (χ4n) is 1.73. The first-order valence-electron chi connectivity index (χ1n) is 5.49. The standard InChI is InChI=1S/C11H14N2O4/c1-6-5-9(12-17-6)10(14)13(8-3-4-8)7(2)11(15)16/h5,7-8H,3-4H2,1-2H3,(H,15,16). The zero-order valence-corrected chi connectivity index (χ0v) is 9.71. The molecule has 0 aliphatic heterocycles. The molecule has 1 amide bonds. The molecule has 1 heterocycles. The Morgan fingerprint density at radius 1 is 1.59 bits per heavy atom. The third-order valence-corrected chi connectivity index (χ3v) is 2.80. The van der Waals surface area contributed by atoms with Crippen LogP contribution in [0.2, 0.25) is 0 Å². The van der Waals surface area contributed by atoms with Gasteiger partial charge in [-0.2, -0.15) is 0 Å². The highest BCUT2D eigenvalue weighted by atomic mass is 16.5. The van der Waals surface area contributed by atoms with Gasteiger partial charge in [0.1, 0.15) is 11.8 Å². The van der Waals surface area contributed by atoms with Crippen molar-refractivity contribution in [2.75, 3.05) is 0 Å². The first-order valence-corrected chi connectivity index (χ1v) is 5.49. The maximum Gasteiger partial charge on any atom is 0.326 e. The molecule has 2 rings (SSSR count). The number of carboxylic acids is 1. The minimum atomic E-state index is -1.01. The van der Waals surface area contributed by atoms with Crippen LogP contribution in [0.15, 0.2) is 10.6 Å². The monoisotopic (exact) mass is 238 g/mol. The molecule has 0 aromatic carbocycles. The predicted molar refractivity (Wildman–Crippen MR) is 57.5 cm³/mol. The third-order valence-electron chi connectivity index (χ3n) is 2.80. The molecule has 92 valence electrons. The maximum absolute atomic E-state index is 12.1. The fraction of sp³-hybridized carbons (Fsp3) is 0.545. The van der Waals surface area contributed by atoms with E-state index in [9.17, 15) is 9.59 Å². The van der Waals surface area contributed by atoms with Crippen LogP contribution < -0.4 is 0 Å². The van der Waals surface area contributed by atoms with Gasteiger partial charge in [-0.15, -0.1) is 0 Å². The molecule has 0 spiro atoms. The van der Waals surface area contributed by atoms with Crippen LogP contribution in [-0.2, 0) is 4.79 Å². The minimum absolute atomic E-state index is 0.0191. The average Bonchev–Trinajstić information content (AvgIpc) is 3.00. The van der Waals surface area contributed by atoms with Gasteiger partial charge in [0.25, 0.3) is 5.91 Å². The molecule has 17 heavy (non-hydrogen) atoms. The lowest BCUT2D eigenvalue weighted by molar-refractivity contribution is -0.141. The zero-order chi connectivity index (χ0) is 12.6. The first-order chi connectivity index (χ1) is 8.00. The van der Waals surface area contributed by atoms with E-state index < -0.39 is 12.0 Å². The van der Waals surface area contributed by atoms with Gasteiger partial charge in [-0.1, -0.05) is 5.16 Å². The Kier molecular flexibility index (Phi) is 2.87. The van der Waals surface area contributed by atoms with Crippen molar-refractivity contribution in [3.8, 4) is 0 Å². The number of rotatable bonds is 4. The molecule has 1 fully saturated rings. The summed E-state index contributed by atoms with van der Waals surface area (Å²) in [5.41, 5.74) is 0.169. The molecule has 6 heteroatoms. The minimum Gasteiger partial charge on any atom is -0.480 e. The Morgan fingerprint density at radius 3 is 2.65 bits per heavy atom.